The SMILES string of the molecule is CC(S)C(=O)OCC(COC(=O)C(C)S)(COC(=O)C(C)S)COC(=O)C(C)S.O=C(CCS)OCC(COC(=O)CCS)(COC(=O)CCS)COC(=O)CCS. The van der Waals surface area contributed by atoms with Crippen molar-refractivity contribution in [3.05, 3.63) is 0 Å². The summed E-state index contributed by atoms with van der Waals surface area (Å²) in [4.78, 5) is 94.6. The third-order valence-electron chi connectivity index (χ3n) is 6.87. The molecular weight excluding hydrogens is 921 g/mol. The van der Waals surface area contributed by atoms with Gasteiger partial charge in [-0.05, 0) is 27.7 Å². The van der Waals surface area contributed by atoms with Crippen molar-refractivity contribution < 1.29 is 76.3 Å². The molecule has 0 fully saturated rings. The zero-order valence-corrected chi connectivity index (χ0v) is 39.9. The molecule has 0 aromatic heterocycles. The fourth-order valence-electron chi connectivity index (χ4n) is 3.47. The van der Waals surface area contributed by atoms with E-state index in [1.54, 1.807) is 0 Å². The Kier molecular flexibility index (Phi) is 33.6. The standard InChI is InChI=1S/2C17H28O8S4/c1-9(26)13(18)22-5-17(6-23-14(19)10(2)27,7-24-15(20)11(3)28)8-25-16(21)12(4)29;18-13(1-5-26)22-9-17(10-23-14(19)2-6-27,11-24-15(20)3-7-28)12-25-16(21)4-8-29/h9-12,26-29H,5-8H2,1-4H3;26-29H,1-12H2. The predicted molar refractivity (Wildman–Crippen MR) is 240 cm³/mol. The van der Waals surface area contributed by atoms with E-state index in [2.05, 4.69) is 101 Å². The van der Waals surface area contributed by atoms with Crippen molar-refractivity contribution in [1.29, 1.82) is 0 Å². The van der Waals surface area contributed by atoms with Crippen LogP contribution in [0.25, 0.3) is 0 Å². The van der Waals surface area contributed by atoms with Crippen LogP contribution in [0.3, 0.4) is 0 Å². The quantitative estimate of drug-likeness (QED) is 0.0322. The number of thiol groups is 8. The van der Waals surface area contributed by atoms with Crippen LogP contribution in [0, 0.1) is 10.8 Å². The maximum Gasteiger partial charge on any atom is 0.318 e. The van der Waals surface area contributed by atoms with E-state index >= 15 is 0 Å². The molecule has 0 N–H and O–H groups in total. The van der Waals surface area contributed by atoms with Gasteiger partial charge in [0.25, 0.3) is 0 Å². The van der Waals surface area contributed by atoms with Crippen molar-refractivity contribution in [3.8, 4) is 0 Å². The Morgan fingerprint density at radius 3 is 0.638 bits per heavy atom. The third-order valence-corrected chi connectivity index (χ3v) is 8.61. The topological polar surface area (TPSA) is 210 Å². The van der Waals surface area contributed by atoms with Crippen LogP contribution in [0.1, 0.15) is 53.4 Å². The molecule has 336 valence electrons. The highest BCUT2D eigenvalue weighted by molar-refractivity contribution is 7.82. The Balaban J connectivity index is 0. The summed E-state index contributed by atoms with van der Waals surface area (Å²) in [5.41, 5.74) is -2.59. The smallest absolute Gasteiger partial charge is 0.318 e. The van der Waals surface area contributed by atoms with Gasteiger partial charge < -0.3 is 37.9 Å². The normalized spacial score (nSPS) is 14.0. The molecule has 0 amide bonds. The van der Waals surface area contributed by atoms with Gasteiger partial charge in [0.15, 0.2) is 0 Å². The van der Waals surface area contributed by atoms with Crippen LogP contribution in [0.15, 0.2) is 0 Å². The van der Waals surface area contributed by atoms with Crippen LogP contribution >= 0.6 is 101 Å². The van der Waals surface area contributed by atoms with E-state index in [4.69, 9.17) is 37.9 Å². The van der Waals surface area contributed by atoms with Crippen LogP contribution in [-0.4, -0.2) is 145 Å². The van der Waals surface area contributed by atoms with E-state index in [9.17, 15) is 38.4 Å². The molecule has 0 bridgehead atoms. The molecule has 0 heterocycles. The predicted octanol–water partition coefficient (Wildman–Crippen LogP) is 2.84. The molecule has 0 aliphatic carbocycles. The summed E-state index contributed by atoms with van der Waals surface area (Å²) in [6.07, 6.45) is 0.268. The van der Waals surface area contributed by atoms with E-state index in [-0.39, 0.29) is 102 Å². The van der Waals surface area contributed by atoms with Gasteiger partial charge in [0.1, 0.15) is 63.7 Å². The highest BCUT2D eigenvalue weighted by Gasteiger charge is 2.40. The van der Waals surface area contributed by atoms with E-state index in [1.165, 1.54) is 27.7 Å². The van der Waals surface area contributed by atoms with Crippen molar-refractivity contribution in [3.63, 3.8) is 0 Å². The molecule has 4 atom stereocenters. The lowest BCUT2D eigenvalue weighted by Crippen LogP contribution is -2.45. The number of carbonyl (C=O) groups excluding carboxylic acids is 8. The summed E-state index contributed by atoms with van der Waals surface area (Å²) in [6.45, 7) is 3.52. The molecule has 0 aliphatic heterocycles. The molecule has 0 aromatic carbocycles. The van der Waals surface area contributed by atoms with Crippen molar-refractivity contribution in [2.24, 2.45) is 10.8 Å². The Bertz CT molecular complexity index is 1100. The van der Waals surface area contributed by atoms with Gasteiger partial charge in [-0.2, -0.15) is 101 Å². The lowest BCUT2D eigenvalue weighted by Gasteiger charge is -2.32. The van der Waals surface area contributed by atoms with Gasteiger partial charge in [0, 0.05) is 23.0 Å². The second-order valence-electron chi connectivity index (χ2n) is 12.7. The van der Waals surface area contributed by atoms with Gasteiger partial charge in [-0.1, -0.05) is 0 Å². The van der Waals surface area contributed by atoms with Crippen molar-refractivity contribution in [2.45, 2.75) is 74.4 Å². The molecular formula is C34H56O16S8. The first-order chi connectivity index (χ1) is 27.1. The maximum absolute atomic E-state index is 11.9. The molecule has 0 aromatic rings. The minimum atomic E-state index is -1.34. The average Bonchev–Trinajstić information content (AvgIpc) is 3.16. The summed E-state index contributed by atoms with van der Waals surface area (Å²) in [7, 11) is 0. The van der Waals surface area contributed by atoms with Crippen LogP contribution in [0.2, 0.25) is 0 Å². The second kappa shape index (κ2) is 33.2. The molecule has 0 rings (SSSR count). The zero-order valence-electron chi connectivity index (χ0n) is 32.7. The van der Waals surface area contributed by atoms with Crippen LogP contribution < -0.4 is 0 Å². The first-order valence-corrected chi connectivity index (χ1v) is 22.2. The average molecular weight is 977 g/mol. The maximum atomic E-state index is 11.9. The largest absolute Gasteiger partial charge is 0.465 e. The Hall–Kier alpha value is -1.44. The summed E-state index contributed by atoms with van der Waals surface area (Å²) >= 11 is 31.9. The van der Waals surface area contributed by atoms with Crippen molar-refractivity contribution in [1.82, 2.24) is 0 Å². The first-order valence-electron chi connectivity index (χ1n) is 17.6. The Morgan fingerprint density at radius 1 is 0.345 bits per heavy atom. The zero-order chi connectivity index (χ0) is 44.9. The second-order valence-corrected chi connectivity index (χ2v) is 17.6. The van der Waals surface area contributed by atoms with Gasteiger partial charge >= 0.3 is 47.8 Å². The molecule has 0 radical (unpaired) electrons. The summed E-state index contributed by atoms with van der Waals surface area (Å²) in [5.74, 6) is -3.55. The molecule has 0 saturated carbocycles. The molecule has 0 spiro atoms. The summed E-state index contributed by atoms with van der Waals surface area (Å²) in [5, 5.41) is -2.86. The number of ether oxygens (including phenoxy) is 8. The number of hydrogen-bond donors (Lipinski definition) is 8. The van der Waals surface area contributed by atoms with E-state index < -0.39 is 79.6 Å². The number of rotatable bonds is 28. The highest BCUT2D eigenvalue weighted by atomic mass is 32.1. The Labute approximate surface area is 383 Å². The van der Waals surface area contributed by atoms with Crippen LogP contribution in [0.5, 0.6) is 0 Å². The van der Waals surface area contributed by atoms with Gasteiger partial charge in [0.05, 0.1) is 46.7 Å². The third kappa shape index (κ3) is 28.2. The molecule has 24 heteroatoms. The molecule has 4 unspecified atom stereocenters. The Morgan fingerprint density at radius 2 is 0.500 bits per heavy atom. The van der Waals surface area contributed by atoms with Gasteiger partial charge in [0.2, 0.25) is 0 Å². The monoisotopic (exact) mass is 976 g/mol. The fraction of sp³-hybridized carbons (Fsp3) is 0.765. The van der Waals surface area contributed by atoms with Crippen molar-refractivity contribution in [2.75, 3.05) is 75.9 Å². The fourth-order valence-corrected chi connectivity index (χ4v) is 4.50. The van der Waals surface area contributed by atoms with Crippen molar-refractivity contribution >= 4 is 149 Å². The van der Waals surface area contributed by atoms with E-state index in [0.717, 1.165) is 0 Å². The first kappa shape index (κ1) is 58.7. The van der Waals surface area contributed by atoms with Crippen LogP contribution in [0.4, 0.5) is 0 Å². The molecule has 58 heavy (non-hydrogen) atoms. The lowest BCUT2D eigenvalue weighted by atomic mass is 9.92. The molecule has 16 nitrogen and oxygen atoms in total. The highest BCUT2D eigenvalue weighted by Crippen LogP contribution is 2.24. The number of carbonyl (C=O) groups is 8. The lowest BCUT2D eigenvalue weighted by molar-refractivity contribution is -0.173. The number of esters is 8. The van der Waals surface area contributed by atoms with Gasteiger partial charge in [-0.25, -0.2) is 0 Å². The number of hydrogen-bond acceptors (Lipinski definition) is 24. The minimum absolute atomic E-state index is 0.0670. The molecule has 0 saturated heterocycles. The van der Waals surface area contributed by atoms with Gasteiger partial charge in [-0.3, -0.25) is 38.4 Å². The summed E-state index contributed by atoms with van der Waals surface area (Å²) < 4.78 is 41.7. The molecule has 0 aliphatic rings. The van der Waals surface area contributed by atoms with E-state index in [1.807, 2.05) is 0 Å². The van der Waals surface area contributed by atoms with E-state index in [0.29, 0.717) is 0 Å². The minimum Gasteiger partial charge on any atom is -0.465 e. The summed E-state index contributed by atoms with van der Waals surface area (Å²) in [6, 6.07) is 0. The van der Waals surface area contributed by atoms with Crippen LogP contribution in [-0.2, 0) is 76.3 Å². The van der Waals surface area contributed by atoms with Gasteiger partial charge in [-0.15, -0.1) is 0 Å².